The van der Waals surface area contributed by atoms with Crippen LogP contribution in [-0.4, -0.2) is 34.1 Å². The average Bonchev–Trinajstić information content (AvgIpc) is 2.64. The molecule has 0 fully saturated rings. The Bertz CT molecular complexity index is 863. The Hall–Kier alpha value is -2.98. The molecule has 0 N–H and O–H groups in total. The van der Waals surface area contributed by atoms with E-state index in [1.54, 1.807) is 0 Å². The van der Waals surface area contributed by atoms with Gasteiger partial charge in [0.1, 0.15) is 5.69 Å². The van der Waals surface area contributed by atoms with Crippen molar-refractivity contribution in [3.8, 4) is 0 Å². The lowest BCUT2D eigenvalue weighted by atomic mass is 10.0. The molecule has 2 aromatic rings. The fourth-order valence-corrected chi connectivity index (χ4v) is 2.41. The van der Waals surface area contributed by atoms with E-state index >= 15 is 0 Å². The number of amides is 1. The molecular formula is C17H13F6N3O2. The van der Waals surface area contributed by atoms with Gasteiger partial charge in [-0.05, 0) is 25.1 Å². The van der Waals surface area contributed by atoms with Crippen molar-refractivity contribution in [1.82, 2.24) is 14.9 Å². The van der Waals surface area contributed by atoms with Crippen LogP contribution in [0.1, 0.15) is 50.6 Å². The fraction of sp³-hybridized carbons (Fsp3) is 0.294. The summed E-state index contributed by atoms with van der Waals surface area (Å²) in [6.45, 7) is 1.41. The van der Waals surface area contributed by atoms with E-state index in [2.05, 4.69) is 9.97 Å². The number of hydrogen-bond donors (Lipinski definition) is 0. The molecule has 0 bridgehead atoms. The van der Waals surface area contributed by atoms with Gasteiger partial charge in [0.25, 0.3) is 5.91 Å². The van der Waals surface area contributed by atoms with Gasteiger partial charge in [0.15, 0.2) is 6.29 Å². The SMILES string of the molecule is CC(c1nccnc1C=O)N(C)C(=O)c1cc(C(F)(F)F)cc(C(F)(F)F)c1. The number of carbonyl (C=O) groups is 2. The third-order valence-electron chi connectivity index (χ3n) is 4.00. The maximum absolute atomic E-state index is 13.0. The van der Waals surface area contributed by atoms with Crippen molar-refractivity contribution >= 4 is 12.2 Å². The third kappa shape index (κ3) is 4.46. The highest BCUT2D eigenvalue weighted by molar-refractivity contribution is 5.95. The topological polar surface area (TPSA) is 63.2 Å². The van der Waals surface area contributed by atoms with Crippen LogP contribution in [0.5, 0.6) is 0 Å². The highest BCUT2D eigenvalue weighted by atomic mass is 19.4. The second-order valence-electron chi connectivity index (χ2n) is 5.83. The minimum absolute atomic E-state index is 0.0522. The smallest absolute Gasteiger partial charge is 0.333 e. The molecule has 0 radical (unpaired) electrons. The lowest BCUT2D eigenvalue weighted by Gasteiger charge is -2.25. The van der Waals surface area contributed by atoms with Crippen LogP contribution < -0.4 is 0 Å². The molecule has 0 spiro atoms. The molecule has 1 aromatic heterocycles. The van der Waals surface area contributed by atoms with Crippen molar-refractivity contribution in [2.24, 2.45) is 0 Å². The van der Waals surface area contributed by atoms with Crippen molar-refractivity contribution in [3.05, 3.63) is 58.7 Å². The number of aromatic nitrogens is 2. The Balaban J connectivity index is 2.48. The zero-order chi connectivity index (χ0) is 21.3. The first-order chi connectivity index (χ1) is 12.9. The van der Waals surface area contributed by atoms with Crippen LogP contribution in [-0.2, 0) is 12.4 Å². The van der Waals surface area contributed by atoms with E-state index in [1.165, 1.54) is 26.4 Å². The molecule has 1 heterocycles. The summed E-state index contributed by atoms with van der Waals surface area (Å²) in [4.78, 5) is 32.2. The predicted octanol–water partition coefficient (Wildman–Crippen LogP) is 4.16. The molecule has 2 rings (SSSR count). The second-order valence-corrected chi connectivity index (χ2v) is 5.83. The van der Waals surface area contributed by atoms with E-state index in [1.807, 2.05) is 0 Å². The Labute approximate surface area is 155 Å². The van der Waals surface area contributed by atoms with Gasteiger partial charge in [-0.3, -0.25) is 14.6 Å². The maximum atomic E-state index is 13.0. The van der Waals surface area contributed by atoms with Gasteiger partial charge in [-0.15, -0.1) is 0 Å². The molecule has 0 aliphatic carbocycles. The molecule has 28 heavy (non-hydrogen) atoms. The van der Waals surface area contributed by atoms with Crippen LogP contribution in [0.2, 0.25) is 0 Å². The predicted molar refractivity (Wildman–Crippen MR) is 84.4 cm³/mol. The highest BCUT2D eigenvalue weighted by Gasteiger charge is 2.38. The minimum atomic E-state index is -5.07. The van der Waals surface area contributed by atoms with Gasteiger partial charge < -0.3 is 4.90 Å². The number of aldehydes is 1. The van der Waals surface area contributed by atoms with Crippen LogP contribution in [0.25, 0.3) is 0 Å². The monoisotopic (exact) mass is 405 g/mol. The van der Waals surface area contributed by atoms with E-state index in [0.29, 0.717) is 18.4 Å². The zero-order valence-electron chi connectivity index (χ0n) is 14.5. The van der Waals surface area contributed by atoms with Crippen molar-refractivity contribution in [2.75, 3.05) is 7.05 Å². The van der Waals surface area contributed by atoms with Crippen LogP contribution >= 0.6 is 0 Å². The quantitative estimate of drug-likeness (QED) is 0.566. The maximum Gasteiger partial charge on any atom is 0.416 e. The molecule has 1 atom stereocenters. The number of benzene rings is 1. The number of halogens is 6. The molecule has 0 aliphatic rings. The summed E-state index contributed by atoms with van der Waals surface area (Å²) < 4.78 is 77.8. The van der Waals surface area contributed by atoms with Gasteiger partial charge in [0.05, 0.1) is 22.9 Å². The van der Waals surface area contributed by atoms with Gasteiger partial charge in [-0.2, -0.15) is 26.3 Å². The van der Waals surface area contributed by atoms with Gasteiger partial charge in [-0.1, -0.05) is 0 Å². The van der Waals surface area contributed by atoms with Crippen molar-refractivity contribution in [1.29, 1.82) is 0 Å². The molecule has 5 nitrogen and oxygen atoms in total. The summed E-state index contributed by atoms with van der Waals surface area (Å²) in [5.74, 6) is -1.10. The van der Waals surface area contributed by atoms with Crippen LogP contribution in [0, 0.1) is 0 Å². The van der Waals surface area contributed by atoms with Gasteiger partial charge in [0, 0.05) is 25.0 Å². The van der Waals surface area contributed by atoms with E-state index in [0.717, 1.165) is 4.90 Å². The fourth-order valence-electron chi connectivity index (χ4n) is 2.41. The third-order valence-corrected chi connectivity index (χ3v) is 4.00. The molecule has 0 saturated carbocycles. The number of alkyl halides is 6. The molecule has 1 unspecified atom stereocenters. The summed E-state index contributed by atoms with van der Waals surface area (Å²) >= 11 is 0. The molecule has 11 heteroatoms. The standard InChI is InChI=1S/C17H13F6N3O2/c1-9(14-13(8-27)24-3-4-25-14)26(2)15(28)10-5-11(16(18,19)20)7-12(6-10)17(21,22)23/h3-9H,1-2H3. The normalized spacial score (nSPS) is 13.1. The minimum Gasteiger partial charge on any atom is -0.333 e. The summed E-state index contributed by atoms with van der Waals surface area (Å²) in [6.07, 6.45) is -7.30. The first-order valence-corrected chi connectivity index (χ1v) is 7.69. The number of rotatable bonds is 4. The summed E-state index contributed by atoms with van der Waals surface area (Å²) in [5, 5.41) is 0. The summed E-state index contributed by atoms with van der Waals surface area (Å²) in [7, 11) is 1.17. The number of nitrogens with zero attached hydrogens (tertiary/aromatic N) is 3. The Morgan fingerprint density at radius 1 is 1.00 bits per heavy atom. The van der Waals surface area contributed by atoms with E-state index in [-0.39, 0.29) is 17.5 Å². The summed E-state index contributed by atoms with van der Waals surface area (Å²) in [6, 6.07) is -0.311. The van der Waals surface area contributed by atoms with Crippen molar-refractivity contribution in [2.45, 2.75) is 25.3 Å². The highest BCUT2D eigenvalue weighted by Crippen LogP contribution is 2.36. The molecule has 150 valence electrons. The van der Waals surface area contributed by atoms with Crippen molar-refractivity contribution in [3.63, 3.8) is 0 Å². The zero-order valence-corrected chi connectivity index (χ0v) is 14.5. The Morgan fingerprint density at radius 3 is 1.96 bits per heavy atom. The van der Waals surface area contributed by atoms with Crippen LogP contribution in [0.3, 0.4) is 0 Å². The summed E-state index contributed by atoms with van der Waals surface area (Å²) in [5.41, 5.74) is -4.04. The van der Waals surface area contributed by atoms with E-state index in [4.69, 9.17) is 0 Å². The average molecular weight is 405 g/mol. The molecule has 0 saturated heterocycles. The van der Waals surface area contributed by atoms with Crippen molar-refractivity contribution < 1.29 is 35.9 Å². The van der Waals surface area contributed by atoms with Crippen LogP contribution in [0.15, 0.2) is 30.6 Å². The largest absolute Gasteiger partial charge is 0.416 e. The first-order valence-electron chi connectivity index (χ1n) is 7.69. The first kappa shape index (κ1) is 21.3. The molecule has 1 amide bonds. The van der Waals surface area contributed by atoms with E-state index < -0.39 is 41.0 Å². The number of hydrogen-bond acceptors (Lipinski definition) is 4. The number of carbonyl (C=O) groups excluding carboxylic acids is 2. The Morgan fingerprint density at radius 2 is 1.50 bits per heavy atom. The van der Waals surface area contributed by atoms with Gasteiger partial charge in [-0.25, -0.2) is 4.98 Å². The molecular weight excluding hydrogens is 392 g/mol. The van der Waals surface area contributed by atoms with Gasteiger partial charge >= 0.3 is 12.4 Å². The lowest BCUT2D eigenvalue weighted by Crippen LogP contribution is -2.31. The molecule has 1 aromatic carbocycles. The lowest BCUT2D eigenvalue weighted by molar-refractivity contribution is -0.143. The second kappa shape index (κ2) is 7.56. The Kier molecular flexibility index (Phi) is 5.76. The van der Waals surface area contributed by atoms with E-state index in [9.17, 15) is 35.9 Å². The van der Waals surface area contributed by atoms with Gasteiger partial charge in [0.2, 0.25) is 0 Å². The molecule has 0 aliphatic heterocycles. The van der Waals surface area contributed by atoms with Crippen LogP contribution in [0.4, 0.5) is 26.3 Å².